The van der Waals surface area contributed by atoms with E-state index in [0.29, 0.717) is 23.9 Å². The van der Waals surface area contributed by atoms with Gasteiger partial charge < -0.3 is 19.2 Å². The average Bonchev–Trinajstić information content (AvgIpc) is 3.02. The zero-order valence-corrected chi connectivity index (χ0v) is 32.8. The smallest absolute Gasteiger partial charge is 0.457 e. The molecule has 3 atom stereocenters. The second-order valence-electron chi connectivity index (χ2n) is 14.8. The SMILES string of the molecule is CCCCCCCCCCCCCCCC(=O)O[C@@H](COP(=O)(O)OCC[N+](C)(C)C)C(O)C(=O)CCCCCCCCCCCCC. The number of likely N-dealkylation sites (N-methyl/N-ethyl adjacent to an activating group) is 1. The van der Waals surface area contributed by atoms with Crippen molar-refractivity contribution in [3.8, 4) is 0 Å². The Labute approximate surface area is 295 Å². The highest BCUT2D eigenvalue weighted by molar-refractivity contribution is 7.47. The Hall–Kier alpha value is -0.830. The number of phosphoric acid groups is 1. The van der Waals surface area contributed by atoms with E-state index in [1.54, 1.807) is 0 Å². The molecule has 0 aliphatic rings. The summed E-state index contributed by atoms with van der Waals surface area (Å²) in [4.78, 5) is 35.7. The van der Waals surface area contributed by atoms with Gasteiger partial charge in [0, 0.05) is 12.8 Å². The van der Waals surface area contributed by atoms with E-state index in [1.807, 2.05) is 21.1 Å². The quantitative estimate of drug-likeness (QED) is 0.0286. The molecule has 0 spiro atoms. The van der Waals surface area contributed by atoms with Gasteiger partial charge in [0.15, 0.2) is 18.0 Å². The van der Waals surface area contributed by atoms with Gasteiger partial charge in [0.05, 0.1) is 27.7 Å². The highest BCUT2D eigenvalue weighted by Gasteiger charge is 2.33. The van der Waals surface area contributed by atoms with E-state index in [1.165, 1.54) is 103 Å². The Morgan fingerprint density at radius 1 is 0.604 bits per heavy atom. The lowest BCUT2D eigenvalue weighted by Crippen LogP contribution is -2.40. The molecule has 0 fully saturated rings. The number of quaternary nitrogens is 1. The van der Waals surface area contributed by atoms with Crippen molar-refractivity contribution in [2.75, 3.05) is 40.9 Å². The third kappa shape index (κ3) is 31.2. The van der Waals surface area contributed by atoms with Gasteiger partial charge in [-0.25, -0.2) is 4.57 Å². The summed E-state index contributed by atoms with van der Waals surface area (Å²) >= 11 is 0. The second-order valence-corrected chi connectivity index (χ2v) is 16.3. The highest BCUT2D eigenvalue weighted by atomic mass is 31.2. The van der Waals surface area contributed by atoms with Crippen LogP contribution in [0.3, 0.4) is 0 Å². The maximum Gasteiger partial charge on any atom is 0.472 e. The first kappa shape index (κ1) is 47.2. The maximum absolute atomic E-state index is 12.9. The first-order valence-electron chi connectivity index (χ1n) is 19.7. The van der Waals surface area contributed by atoms with Crippen molar-refractivity contribution in [1.82, 2.24) is 0 Å². The summed E-state index contributed by atoms with van der Waals surface area (Å²) in [5, 5.41) is 10.8. The third-order valence-corrected chi connectivity index (χ3v) is 9.88. The molecule has 0 radical (unpaired) electrons. The van der Waals surface area contributed by atoms with E-state index in [0.717, 1.165) is 38.5 Å². The Bertz CT molecular complexity index is 819. The number of unbranched alkanes of at least 4 members (excludes halogenated alkanes) is 22. The van der Waals surface area contributed by atoms with Gasteiger partial charge in [-0.2, -0.15) is 0 Å². The van der Waals surface area contributed by atoms with Gasteiger partial charge in [-0.1, -0.05) is 155 Å². The Balaban J connectivity index is 4.58. The predicted molar refractivity (Wildman–Crippen MR) is 197 cm³/mol. The molecule has 0 heterocycles. The van der Waals surface area contributed by atoms with Gasteiger partial charge in [-0.15, -0.1) is 0 Å². The molecule has 0 saturated heterocycles. The fourth-order valence-corrected chi connectivity index (χ4v) is 6.38. The van der Waals surface area contributed by atoms with Crippen LogP contribution in [0.25, 0.3) is 0 Å². The minimum absolute atomic E-state index is 0.0128. The molecule has 286 valence electrons. The molecule has 0 aromatic heterocycles. The van der Waals surface area contributed by atoms with Crippen molar-refractivity contribution < 1.29 is 42.4 Å². The summed E-state index contributed by atoms with van der Waals surface area (Å²) in [6.07, 6.45) is 25.5. The molecule has 0 saturated carbocycles. The van der Waals surface area contributed by atoms with Crippen molar-refractivity contribution in [2.24, 2.45) is 0 Å². The summed E-state index contributed by atoms with van der Waals surface area (Å²) in [5.41, 5.74) is 0. The van der Waals surface area contributed by atoms with E-state index >= 15 is 0 Å². The summed E-state index contributed by atoms with van der Waals surface area (Å²) < 4.78 is 28.7. The summed E-state index contributed by atoms with van der Waals surface area (Å²) in [5.74, 6) is -1.00. The molecule has 0 aliphatic carbocycles. The maximum atomic E-state index is 12.9. The Morgan fingerprint density at radius 3 is 1.38 bits per heavy atom. The van der Waals surface area contributed by atoms with Crippen LogP contribution in [0.15, 0.2) is 0 Å². The largest absolute Gasteiger partial charge is 0.472 e. The number of aliphatic hydroxyl groups excluding tert-OH is 1. The van der Waals surface area contributed by atoms with Crippen molar-refractivity contribution in [3.63, 3.8) is 0 Å². The number of ketones is 1. The van der Waals surface area contributed by atoms with Crippen molar-refractivity contribution >= 4 is 19.6 Å². The van der Waals surface area contributed by atoms with Gasteiger partial charge in [0.25, 0.3) is 0 Å². The molecule has 0 aromatic rings. The number of Topliss-reactive ketones (excluding diaryl/α,β-unsaturated/α-hetero) is 1. The van der Waals surface area contributed by atoms with Crippen molar-refractivity contribution in [2.45, 2.75) is 193 Å². The van der Waals surface area contributed by atoms with Gasteiger partial charge in [0.2, 0.25) is 0 Å². The Kier molecular flexibility index (Phi) is 30.4. The number of carbonyl (C=O) groups is 2. The molecule has 48 heavy (non-hydrogen) atoms. The van der Waals surface area contributed by atoms with Crippen LogP contribution in [0.5, 0.6) is 0 Å². The van der Waals surface area contributed by atoms with E-state index in [-0.39, 0.29) is 19.4 Å². The Morgan fingerprint density at radius 2 is 0.979 bits per heavy atom. The zero-order chi connectivity index (χ0) is 35.9. The number of nitrogens with zero attached hydrogens (tertiary/aromatic N) is 1. The minimum Gasteiger partial charge on any atom is -0.457 e. The first-order valence-corrected chi connectivity index (χ1v) is 21.2. The number of phosphoric ester groups is 1. The van der Waals surface area contributed by atoms with Crippen LogP contribution in [-0.4, -0.2) is 79.3 Å². The van der Waals surface area contributed by atoms with Crippen LogP contribution >= 0.6 is 7.82 Å². The number of rotatable bonds is 36. The molecule has 0 aliphatic heterocycles. The molecular weight excluding hydrogens is 629 g/mol. The lowest BCUT2D eigenvalue weighted by Gasteiger charge is -2.25. The van der Waals surface area contributed by atoms with E-state index < -0.39 is 38.4 Å². The lowest BCUT2D eigenvalue weighted by atomic mass is 10.0. The van der Waals surface area contributed by atoms with E-state index in [2.05, 4.69) is 13.8 Å². The monoisotopic (exact) mass is 707 g/mol. The number of carbonyl (C=O) groups excluding carboxylic acids is 2. The lowest BCUT2D eigenvalue weighted by molar-refractivity contribution is -0.870. The van der Waals surface area contributed by atoms with Gasteiger partial charge >= 0.3 is 13.8 Å². The molecule has 10 heteroatoms. The topological polar surface area (TPSA) is 119 Å². The minimum atomic E-state index is -4.47. The third-order valence-electron chi connectivity index (χ3n) is 8.89. The molecule has 0 amide bonds. The molecule has 0 aromatic carbocycles. The van der Waals surface area contributed by atoms with Gasteiger partial charge in [0.1, 0.15) is 13.2 Å². The molecular formula is C38H77NO8P+. The fourth-order valence-electron chi connectivity index (χ4n) is 5.66. The number of ether oxygens (including phenoxy) is 1. The summed E-state index contributed by atoms with van der Waals surface area (Å²) in [6, 6.07) is 0. The standard InChI is InChI=1S/C38H76NO8P/c1-6-8-10-12-14-16-18-19-21-23-25-27-29-31-37(41)47-36(34-46-48(43,44)45-33-32-39(3,4)5)38(42)35(40)30-28-26-24-22-20-17-15-13-11-9-7-2/h36,38,42H,6-34H2,1-5H3/p+1/t36-,38?/m0/s1. The van der Waals surface area contributed by atoms with Crippen LogP contribution in [0, 0.1) is 0 Å². The first-order chi connectivity index (χ1) is 22.9. The second kappa shape index (κ2) is 30.9. The normalized spacial score (nSPS) is 14.5. The van der Waals surface area contributed by atoms with Crippen LogP contribution in [0.4, 0.5) is 0 Å². The number of aliphatic hydroxyl groups is 1. The molecule has 2 N–H and O–H groups in total. The summed E-state index contributed by atoms with van der Waals surface area (Å²) in [6.45, 7) is 4.33. The van der Waals surface area contributed by atoms with E-state index in [9.17, 15) is 24.2 Å². The highest BCUT2D eigenvalue weighted by Crippen LogP contribution is 2.43. The van der Waals surface area contributed by atoms with E-state index in [4.69, 9.17) is 13.8 Å². The van der Waals surface area contributed by atoms with Gasteiger partial charge in [-0.05, 0) is 12.8 Å². The zero-order valence-electron chi connectivity index (χ0n) is 31.9. The summed E-state index contributed by atoms with van der Waals surface area (Å²) in [7, 11) is 1.31. The van der Waals surface area contributed by atoms with Crippen LogP contribution < -0.4 is 0 Å². The van der Waals surface area contributed by atoms with Crippen LogP contribution in [-0.2, 0) is 27.9 Å². The predicted octanol–water partition coefficient (Wildman–Crippen LogP) is 9.85. The van der Waals surface area contributed by atoms with Gasteiger partial charge in [-0.3, -0.25) is 18.6 Å². The molecule has 9 nitrogen and oxygen atoms in total. The number of hydrogen-bond acceptors (Lipinski definition) is 7. The van der Waals surface area contributed by atoms with Crippen LogP contribution in [0.1, 0.15) is 181 Å². The fraction of sp³-hybridized carbons (Fsp3) is 0.947. The number of esters is 1. The average molecular weight is 707 g/mol. The van der Waals surface area contributed by atoms with Crippen molar-refractivity contribution in [1.29, 1.82) is 0 Å². The molecule has 2 unspecified atom stereocenters. The molecule has 0 rings (SSSR count). The van der Waals surface area contributed by atoms with Crippen LogP contribution in [0.2, 0.25) is 0 Å². The van der Waals surface area contributed by atoms with Crippen molar-refractivity contribution in [3.05, 3.63) is 0 Å². The number of hydrogen-bond donors (Lipinski definition) is 2. The molecule has 0 bridgehead atoms.